The summed E-state index contributed by atoms with van der Waals surface area (Å²) < 4.78 is 0. The van der Waals surface area contributed by atoms with Gasteiger partial charge in [-0.05, 0) is 37.0 Å². The summed E-state index contributed by atoms with van der Waals surface area (Å²) in [6.45, 7) is 6.00. The fraction of sp³-hybridized carbons (Fsp3) is 0.421. The van der Waals surface area contributed by atoms with Crippen molar-refractivity contribution in [3.05, 3.63) is 59.4 Å². The Hall–Kier alpha value is -2.03. The molecule has 0 saturated carbocycles. The molecule has 0 radical (unpaired) electrons. The van der Waals surface area contributed by atoms with E-state index in [9.17, 15) is 4.79 Å². The Morgan fingerprint density at radius 3 is 2.68 bits per heavy atom. The van der Waals surface area contributed by atoms with E-state index >= 15 is 0 Å². The number of aromatic nitrogens is 1. The third-order valence-corrected chi connectivity index (χ3v) is 4.81. The van der Waals surface area contributed by atoms with Gasteiger partial charge in [0.05, 0.1) is 0 Å². The molecule has 1 amide bonds. The third kappa shape index (κ3) is 2.80. The van der Waals surface area contributed by atoms with Gasteiger partial charge in [-0.1, -0.05) is 44.2 Å². The minimum absolute atomic E-state index is 0.0509. The zero-order valence-corrected chi connectivity index (χ0v) is 13.4. The molecule has 1 aromatic heterocycles. The molecule has 1 N–H and O–H groups in total. The number of nitrogens with zero attached hydrogens (tertiary/aromatic N) is 1. The van der Waals surface area contributed by atoms with E-state index in [4.69, 9.17) is 0 Å². The maximum absolute atomic E-state index is 12.7. The van der Waals surface area contributed by atoms with Crippen molar-refractivity contribution in [2.75, 3.05) is 13.1 Å². The van der Waals surface area contributed by atoms with Crippen LogP contribution < -0.4 is 0 Å². The Bertz CT molecular complexity index is 646. The van der Waals surface area contributed by atoms with Crippen LogP contribution in [0.4, 0.5) is 0 Å². The first kappa shape index (κ1) is 14.9. The molecule has 1 aliphatic rings. The van der Waals surface area contributed by atoms with Crippen molar-refractivity contribution < 1.29 is 4.79 Å². The standard InChI is InChI=1S/C19H24N2O/c1-3-16-10-11-17(20-16)18(22)21-13-7-12-19(2,14-21)15-8-5-4-6-9-15/h4-6,8-11,20H,3,7,12-14H2,1-2H3/t19-/m1/s1. The summed E-state index contributed by atoms with van der Waals surface area (Å²) in [5, 5.41) is 0. The van der Waals surface area contributed by atoms with Crippen LogP contribution in [0.1, 0.15) is 48.4 Å². The molecule has 3 heteroatoms. The van der Waals surface area contributed by atoms with Gasteiger partial charge in [-0.25, -0.2) is 0 Å². The first-order valence-electron chi connectivity index (χ1n) is 8.15. The van der Waals surface area contributed by atoms with Crippen LogP contribution >= 0.6 is 0 Å². The molecule has 1 aromatic carbocycles. The second-order valence-electron chi connectivity index (χ2n) is 6.51. The number of rotatable bonds is 3. The van der Waals surface area contributed by atoms with E-state index in [1.54, 1.807) is 0 Å². The van der Waals surface area contributed by atoms with E-state index in [1.165, 1.54) is 5.56 Å². The van der Waals surface area contributed by atoms with E-state index in [0.717, 1.165) is 38.0 Å². The largest absolute Gasteiger partial charge is 0.354 e. The molecule has 2 aromatic rings. The van der Waals surface area contributed by atoms with Gasteiger partial charge in [0.15, 0.2) is 0 Å². The van der Waals surface area contributed by atoms with Gasteiger partial charge in [0, 0.05) is 24.2 Å². The van der Waals surface area contributed by atoms with Crippen molar-refractivity contribution in [3.8, 4) is 0 Å². The molecule has 0 aliphatic carbocycles. The Morgan fingerprint density at radius 2 is 2.00 bits per heavy atom. The lowest BCUT2D eigenvalue weighted by Gasteiger charge is -2.40. The number of amides is 1. The van der Waals surface area contributed by atoms with Gasteiger partial charge >= 0.3 is 0 Å². The van der Waals surface area contributed by atoms with Crippen LogP contribution in [-0.4, -0.2) is 28.9 Å². The number of H-pyrrole nitrogens is 1. The van der Waals surface area contributed by atoms with E-state index in [1.807, 2.05) is 23.1 Å². The number of piperidine rings is 1. The fourth-order valence-corrected chi connectivity index (χ4v) is 3.43. The van der Waals surface area contributed by atoms with E-state index in [2.05, 4.69) is 43.1 Å². The zero-order chi connectivity index (χ0) is 15.6. The summed E-state index contributed by atoms with van der Waals surface area (Å²) in [5.41, 5.74) is 3.21. The number of aryl methyl sites for hydroxylation is 1. The maximum Gasteiger partial charge on any atom is 0.270 e. The van der Waals surface area contributed by atoms with E-state index in [0.29, 0.717) is 5.69 Å². The van der Waals surface area contributed by atoms with Crippen LogP contribution in [0.15, 0.2) is 42.5 Å². The van der Waals surface area contributed by atoms with Crippen LogP contribution in [0.2, 0.25) is 0 Å². The molecular weight excluding hydrogens is 272 g/mol. The third-order valence-electron chi connectivity index (χ3n) is 4.81. The van der Waals surface area contributed by atoms with E-state index in [-0.39, 0.29) is 11.3 Å². The van der Waals surface area contributed by atoms with Crippen LogP contribution in [0, 0.1) is 0 Å². The number of benzene rings is 1. The normalized spacial score (nSPS) is 21.8. The molecule has 22 heavy (non-hydrogen) atoms. The van der Waals surface area contributed by atoms with Crippen molar-refractivity contribution >= 4 is 5.91 Å². The highest BCUT2D eigenvalue weighted by atomic mass is 16.2. The highest BCUT2D eigenvalue weighted by Crippen LogP contribution is 2.34. The van der Waals surface area contributed by atoms with E-state index < -0.39 is 0 Å². The Kier molecular flexibility index (Phi) is 4.06. The number of likely N-dealkylation sites (tertiary alicyclic amines) is 1. The first-order chi connectivity index (χ1) is 10.6. The maximum atomic E-state index is 12.7. The Morgan fingerprint density at radius 1 is 1.23 bits per heavy atom. The second kappa shape index (κ2) is 5.99. The molecule has 2 heterocycles. The molecule has 1 atom stereocenters. The number of hydrogen-bond acceptors (Lipinski definition) is 1. The number of carbonyl (C=O) groups excluding carboxylic acids is 1. The lowest BCUT2D eigenvalue weighted by molar-refractivity contribution is 0.0645. The van der Waals surface area contributed by atoms with Crippen molar-refractivity contribution in [1.29, 1.82) is 0 Å². The van der Waals surface area contributed by atoms with Gasteiger partial charge in [0.2, 0.25) is 0 Å². The molecule has 1 saturated heterocycles. The minimum atomic E-state index is 0.0509. The molecule has 0 bridgehead atoms. The summed E-state index contributed by atoms with van der Waals surface area (Å²) in [7, 11) is 0. The highest BCUT2D eigenvalue weighted by molar-refractivity contribution is 5.92. The van der Waals surface area contributed by atoms with Crippen LogP contribution in [-0.2, 0) is 11.8 Å². The summed E-state index contributed by atoms with van der Waals surface area (Å²) in [5.74, 6) is 0.126. The SMILES string of the molecule is CCc1ccc(C(=O)N2CCC[C@@](C)(c3ccccc3)C2)[nH]1. The van der Waals surface area contributed by atoms with Crippen molar-refractivity contribution in [2.24, 2.45) is 0 Å². The van der Waals surface area contributed by atoms with Gasteiger partial charge in [0.25, 0.3) is 5.91 Å². The van der Waals surface area contributed by atoms with Crippen LogP contribution in [0.25, 0.3) is 0 Å². The Labute approximate surface area is 132 Å². The molecule has 1 fully saturated rings. The molecule has 0 unspecified atom stereocenters. The first-order valence-corrected chi connectivity index (χ1v) is 8.15. The van der Waals surface area contributed by atoms with Crippen molar-refractivity contribution in [3.63, 3.8) is 0 Å². The topological polar surface area (TPSA) is 36.1 Å². The van der Waals surface area contributed by atoms with Gasteiger partial charge in [-0.2, -0.15) is 0 Å². The predicted octanol–water partition coefficient (Wildman–Crippen LogP) is 3.77. The van der Waals surface area contributed by atoms with Gasteiger partial charge in [0.1, 0.15) is 5.69 Å². The minimum Gasteiger partial charge on any atom is -0.354 e. The Balaban J connectivity index is 1.79. The van der Waals surface area contributed by atoms with Gasteiger partial charge < -0.3 is 9.88 Å². The fourth-order valence-electron chi connectivity index (χ4n) is 3.43. The molecule has 1 aliphatic heterocycles. The molecule has 3 rings (SSSR count). The second-order valence-corrected chi connectivity index (χ2v) is 6.51. The van der Waals surface area contributed by atoms with Crippen LogP contribution in [0.5, 0.6) is 0 Å². The monoisotopic (exact) mass is 296 g/mol. The lowest BCUT2D eigenvalue weighted by atomic mass is 9.76. The molecular formula is C19H24N2O. The molecule has 116 valence electrons. The zero-order valence-electron chi connectivity index (χ0n) is 13.4. The molecule has 3 nitrogen and oxygen atoms in total. The summed E-state index contributed by atoms with van der Waals surface area (Å²) in [4.78, 5) is 18.0. The molecule has 0 spiro atoms. The quantitative estimate of drug-likeness (QED) is 0.919. The average molecular weight is 296 g/mol. The number of nitrogens with one attached hydrogen (secondary N) is 1. The number of aromatic amines is 1. The summed E-state index contributed by atoms with van der Waals surface area (Å²) in [6.07, 6.45) is 3.11. The average Bonchev–Trinajstić information content (AvgIpc) is 3.04. The predicted molar refractivity (Wildman–Crippen MR) is 89.1 cm³/mol. The lowest BCUT2D eigenvalue weighted by Crippen LogP contribution is -2.47. The number of carbonyl (C=O) groups is 1. The summed E-state index contributed by atoms with van der Waals surface area (Å²) in [6, 6.07) is 14.5. The highest BCUT2D eigenvalue weighted by Gasteiger charge is 2.35. The van der Waals surface area contributed by atoms with Crippen molar-refractivity contribution in [1.82, 2.24) is 9.88 Å². The summed E-state index contributed by atoms with van der Waals surface area (Å²) >= 11 is 0. The van der Waals surface area contributed by atoms with Crippen molar-refractivity contribution in [2.45, 2.75) is 38.5 Å². The van der Waals surface area contributed by atoms with Gasteiger partial charge in [-0.15, -0.1) is 0 Å². The van der Waals surface area contributed by atoms with Crippen LogP contribution in [0.3, 0.4) is 0 Å². The number of hydrogen-bond donors (Lipinski definition) is 1. The van der Waals surface area contributed by atoms with Gasteiger partial charge in [-0.3, -0.25) is 4.79 Å². The smallest absolute Gasteiger partial charge is 0.270 e.